The summed E-state index contributed by atoms with van der Waals surface area (Å²) >= 11 is 6.28. The van der Waals surface area contributed by atoms with E-state index < -0.39 is 18.3 Å². The van der Waals surface area contributed by atoms with Crippen LogP contribution in [0.15, 0.2) is 24.3 Å². The van der Waals surface area contributed by atoms with Crippen LogP contribution >= 0.6 is 11.6 Å². The van der Waals surface area contributed by atoms with Crippen molar-refractivity contribution in [2.24, 2.45) is 11.8 Å². The van der Waals surface area contributed by atoms with Gasteiger partial charge in [0.25, 0.3) is 0 Å². The summed E-state index contributed by atoms with van der Waals surface area (Å²) < 4.78 is 43.5. The zero-order chi connectivity index (χ0) is 28.3. The molecule has 0 bridgehead atoms. The molecule has 6 nitrogen and oxygen atoms in total. The Morgan fingerprint density at radius 2 is 1.95 bits per heavy atom. The van der Waals surface area contributed by atoms with E-state index in [1.807, 2.05) is 12.1 Å². The number of carbonyl (C=O) groups is 1. The van der Waals surface area contributed by atoms with Crippen molar-refractivity contribution < 1.29 is 27.8 Å². The average Bonchev–Trinajstić information content (AvgIpc) is 2.91. The van der Waals surface area contributed by atoms with Crippen molar-refractivity contribution in [1.29, 1.82) is 0 Å². The Kier molecular flexibility index (Phi) is 12.7. The molecule has 2 amide bonds. The van der Waals surface area contributed by atoms with E-state index in [0.29, 0.717) is 43.5 Å². The van der Waals surface area contributed by atoms with Gasteiger partial charge in [-0.25, -0.2) is 4.79 Å². The third kappa shape index (κ3) is 10.4. The number of alkyl halides is 3. The molecule has 1 saturated carbocycles. The first kappa shape index (κ1) is 32.0. The van der Waals surface area contributed by atoms with Crippen LogP contribution < -0.4 is 10.6 Å². The topological polar surface area (TPSA) is 73.8 Å². The fourth-order valence-corrected chi connectivity index (χ4v) is 6.40. The number of nitrogens with zero attached hydrogens (tertiary/aromatic N) is 1. The van der Waals surface area contributed by atoms with Crippen LogP contribution in [0, 0.1) is 11.8 Å². The summed E-state index contributed by atoms with van der Waals surface area (Å²) in [7, 11) is 1.65. The molecule has 2 aliphatic rings. The van der Waals surface area contributed by atoms with Gasteiger partial charge in [0.2, 0.25) is 0 Å². The molecule has 10 heteroatoms. The largest absolute Gasteiger partial charge is 0.401 e. The Hall–Kier alpha value is -1.55. The number of unbranched alkanes of at least 4 members (excludes halogenated alkanes) is 1. The van der Waals surface area contributed by atoms with E-state index in [9.17, 15) is 23.1 Å². The minimum atomic E-state index is -4.30. The molecule has 3 atom stereocenters. The number of aliphatic hydroxyl groups is 1. The summed E-state index contributed by atoms with van der Waals surface area (Å²) in [5.41, 5.74) is -0.418. The normalized spacial score (nSPS) is 21.4. The van der Waals surface area contributed by atoms with Crippen molar-refractivity contribution in [3.63, 3.8) is 0 Å². The van der Waals surface area contributed by atoms with Crippen LogP contribution in [0.3, 0.4) is 0 Å². The second kappa shape index (κ2) is 15.5. The molecule has 222 valence electrons. The van der Waals surface area contributed by atoms with Gasteiger partial charge in [-0.1, -0.05) is 55.8 Å². The molecule has 1 aliphatic carbocycles. The molecule has 0 spiro atoms. The Morgan fingerprint density at radius 3 is 2.64 bits per heavy atom. The maximum Gasteiger partial charge on any atom is 0.401 e. The number of halogens is 4. The highest BCUT2D eigenvalue weighted by Crippen LogP contribution is 2.40. The maximum absolute atomic E-state index is 13.4. The highest BCUT2D eigenvalue weighted by atomic mass is 35.5. The number of methoxy groups -OCH3 is 1. The molecule has 1 aromatic rings. The zero-order valence-electron chi connectivity index (χ0n) is 23.1. The van der Waals surface area contributed by atoms with Gasteiger partial charge in [0, 0.05) is 50.3 Å². The van der Waals surface area contributed by atoms with E-state index in [2.05, 4.69) is 10.6 Å². The minimum Gasteiger partial charge on any atom is -0.385 e. The van der Waals surface area contributed by atoms with E-state index in [-0.39, 0.29) is 24.5 Å². The number of urea groups is 1. The lowest BCUT2D eigenvalue weighted by atomic mass is 9.74. The summed E-state index contributed by atoms with van der Waals surface area (Å²) in [6, 6.07) is 6.62. The van der Waals surface area contributed by atoms with E-state index in [4.69, 9.17) is 16.3 Å². The van der Waals surface area contributed by atoms with Gasteiger partial charge in [0.15, 0.2) is 0 Å². The summed E-state index contributed by atoms with van der Waals surface area (Å²) in [6.45, 7) is 0.515. The average molecular weight is 576 g/mol. The third-order valence-electron chi connectivity index (χ3n) is 8.25. The lowest BCUT2D eigenvalue weighted by Gasteiger charge is -2.43. The molecule has 0 radical (unpaired) electrons. The van der Waals surface area contributed by atoms with Gasteiger partial charge in [-0.2, -0.15) is 13.2 Å². The van der Waals surface area contributed by atoms with Gasteiger partial charge in [0.05, 0.1) is 12.1 Å². The number of likely N-dealkylation sites (tertiary alicyclic amines) is 1. The van der Waals surface area contributed by atoms with Crippen molar-refractivity contribution in [1.82, 2.24) is 15.5 Å². The lowest BCUT2D eigenvalue weighted by molar-refractivity contribution is -0.124. The number of piperidine rings is 1. The highest BCUT2D eigenvalue weighted by molar-refractivity contribution is 6.30. The Labute approximate surface area is 236 Å². The third-order valence-corrected chi connectivity index (χ3v) is 8.49. The predicted octanol–water partition coefficient (Wildman–Crippen LogP) is 6.26. The number of ether oxygens (including phenoxy) is 1. The van der Waals surface area contributed by atoms with E-state index in [0.717, 1.165) is 56.9 Å². The number of nitrogens with one attached hydrogen (secondary N) is 2. The smallest absolute Gasteiger partial charge is 0.385 e. The maximum atomic E-state index is 13.4. The van der Waals surface area contributed by atoms with Crippen LogP contribution in [-0.4, -0.2) is 68.2 Å². The molecule has 3 N–H and O–H groups in total. The summed E-state index contributed by atoms with van der Waals surface area (Å²) in [5, 5.41) is 18.1. The number of benzene rings is 1. The fraction of sp³-hybridized carbons (Fsp3) is 0.759. The Morgan fingerprint density at radius 1 is 1.18 bits per heavy atom. The van der Waals surface area contributed by atoms with Crippen molar-refractivity contribution in [3.05, 3.63) is 34.9 Å². The summed E-state index contributed by atoms with van der Waals surface area (Å²) in [4.78, 5) is 15.1. The zero-order valence-corrected chi connectivity index (χ0v) is 23.8. The van der Waals surface area contributed by atoms with Crippen LogP contribution in [0.1, 0.15) is 76.2 Å². The molecule has 2 fully saturated rings. The molecule has 0 aromatic heterocycles. The number of carbonyl (C=O) groups excluding carboxylic acids is 1. The van der Waals surface area contributed by atoms with Crippen LogP contribution in [-0.2, 0) is 10.3 Å². The van der Waals surface area contributed by atoms with Gasteiger partial charge >= 0.3 is 12.2 Å². The summed E-state index contributed by atoms with van der Waals surface area (Å²) in [5.74, 6) is 0.212. The van der Waals surface area contributed by atoms with Crippen LogP contribution in [0.2, 0.25) is 5.02 Å². The Balaban J connectivity index is 1.69. The van der Waals surface area contributed by atoms with Gasteiger partial charge in [0.1, 0.15) is 0 Å². The number of hydrogen-bond donors (Lipinski definition) is 3. The molecule has 3 unspecified atom stereocenters. The Bertz CT molecular complexity index is 885. The molecular formula is C29H45ClF3N3O3. The number of rotatable bonds is 13. The molecule has 1 aromatic carbocycles. The first-order valence-electron chi connectivity index (χ1n) is 14.4. The standard InChI is InChI=1S/C29H45ClF3N3O3/c1-39-16-6-5-14-28(38,23-11-7-13-25(30)18-23)24-12-8-15-36(20-24)27(37)35-26(19-34-21-29(31,32)33)17-22-9-3-2-4-10-22/h7,11,13,18,22,24,26,34,38H,2-6,8-10,12,14-17,19-21H2,1H3,(H,35,37). The molecule has 1 heterocycles. The molecular weight excluding hydrogens is 531 g/mol. The van der Waals surface area contributed by atoms with Crippen molar-refractivity contribution in [2.75, 3.05) is 39.9 Å². The van der Waals surface area contributed by atoms with Gasteiger partial charge in [-0.15, -0.1) is 0 Å². The quantitative estimate of drug-likeness (QED) is 0.243. The molecule has 1 saturated heterocycles. The summed E-state index contributed by atoms with van der Waals surface area (Å²) in [6.07, 6.45) is 5.49. The first-order chi connectivity index (χ1) is 18.6. The van der Waals surface area contributed by atoms with Gasteiger partial charge in [-0.3, -0.25) is 0 Å². The number of amides is 2. The SMILES string of the molecule is COCCCCC(O)(c1cccc(Cl)c1)C1CCCN(C(=O)NC(CNCC(F)(F)F)CC2CCCCC2)C1. The highest BCUT2D eigenvalue weighted by Gasteiger charge is 2.41. The monoisotopic (exact) mass is 575 g/mol. The van der Waals surface area contributed by atoms with Crippen molar-refractivity contribution >= 4 is 17.6 Å². The molecule has 3 rings (SSSR count). The van der Waals surface area contributed by atoms with Crippen molar-refractivity contribution in [3.8, 4) is 0 Å². The van der Waals surface area contributed by atoms with Gasteiger partial charge in [-0.05, 0) is 62.1 Å². The molecule has 1 aliphatic heterocycles. The van der Waals surface area contributed by atoms with Crippen LogP contribution in [0.25, 0.3) is 0 Å². The lowest BCUT2D eigenvalue weighted by Crippen LogP contribution is -2.54. The second-order valence-electron chi connectivity index (χ2n) is 11.3. The van der Waals surface area contributed by atoms with Crippen LogP contribution in [0.4, 0.5) is 18.0 Å². The van der Waals surface area contributed by atoms with Crippen LogP contribution in [0.5, 0.6) is 0 Å². The predicted molar refractivity (Wildman–Crippen MR) is 148 cm³/mol. The fourth-order valence-electron chi connectivity index (χ4n) is 6.21. The van der Waals surface area contributed by atoms with E-state index in [1.54, 1.807) is 24.1 Å². The van der Waals surface area contributed by atoms with E-state index in [1.165, 1.54) is 6.42 Å². The first-order valence-corrected chi connectivity index (χ1v) is 14.8. The number of hydrogen-bond acceptors (Lipinski definition) is 4. The minimum absolute atomic E-state index is 0.0744. The molecule has 39 heavy (non-hydrogen) atoms. The van der Waals surface area contributed by atoms with E-state index >= 15 is 0 Å². The second-order valence-corrected chi connectivity index (χ2v) is 11.7. The van der Waals surface area contributed by atoms with Crippen molar-refractivity contribution in [2.45, 2.75) is 88.4 Å². The van der Waals surface area contributed by atoms with Gasteiger partial charge < -0.3 is 25.4 Å².